The number of fused-ring (bicyclic) bond motifs is 1. The zero-order valence-corrected chi connectivity index (χ0v) is 11.4. The predicted molar refractivity (Wildman–Crippen MR) is 75.9 cm³/mol. The fourth-order valence-corrected chi connectivity index (χ4v) is 2.00. The number of hydrogen-bond donors (Lipinski definition) is 1. The number of benzene rings is 1. The van der Waals surface area contributed by atoms with Crippen LogP contribution >= 0.6 is 0 Å². The van der Waals surface area contributed by atoms with Gasteiger partial charge in [-0.25, -0.2) is 4.99 Å². The highest BCUT2D eigenvalue weighted by Crippen LogP contribution is 2.32. The predicted octanol–water partition coefficient (Wildman–Crippen LogP) is 1.32. The Bertz CT molecular complexity index is 749. The quantitative estimate of drug-likeness (QED) is 0.857. The molecule has 0 unspecified atom stereocenters. The Labute approximate surface area is 125 Å². The fraction of sp³-hybridized carbons (Fsp3) is 0.133. The lowest BCUT2D eigenvalue weighted by Crippen LogP contribution is -2.26. The SMILES string of the molecule is NC(=O)C(Cc1ccc2c(c1)OCO2)=NC(=O)c1ccco1. The summed E-state index contributed by atoms with van der Waals surface area (Å²) >= 11 is 0. The summed E-state index contributed by atoms with van der Waals surface area (Å²) < 4.78 is 15.4. The molecule has 0 radical (unpaired) electrons. The van der Waals surface area contributed by atoms with Crippen molar-refractivity contribution in [1.82, 2.24) is 0 Å². The molecule has 3 rings (SSSR count). The Morgan fingerprint density at radius 1 is 1.18 bits per heavy atom. The normalized spacial score (nSPS) is 13.2. The van der Waals surface area contributed by atoms with E-state index >= 15 is 0 Å². The molecule has 1 aliphatic rings. The number of ether oxygens (including phenoxy) is 2. The highest BCUT2D eigenvalue weighted by Gasteiger charge is 2.17. The van der Waals surface area contributed by atoms with Crippen LogP contribution in [0, 0.1) is 0 Å². The summed E-state index contributed by atoms with van der Waals surface area (Å²) in [6.45, 7) is 0.159. The van der Waals surface area contributed by atoms with E-state index in [0.29, 0.717) is 11.5 Å². The molecule has 22 heavy (non-hydrogen) atoms. The van der Waals surface area contributed by atoms with Crippen LogP contribution in [0.3, 0.4) is 0 Å². The molecule has 1 aliphatic heterocycles. The Hall–Kier alpha value is -3.09. The van der Waals surface area contributed by atoms with Crippen molar-refractivity contribution in [2.24, 2.45) is 10.7 Å². The van der Waals surface area contributed by atoms with Crippen LogP contribution in [0.4, 0.5) is 0 Å². The van der Waals surface area contributed by atoms with Crippen molar-refractivity contribution < 1.29 is 23.5 Å². The van der Waals surface area contributed by atoms with E-state index in [9.17, 15) is 9.59 Å². The Kier molecular flexibility index (Phi) is 3.61. The van der Waals surface area contributed by atoms with E-state index in [4.69, 9.17) is 19.6 Å². The summed E-state index contributed by atoms with van der Waals surface area (Å²) in [7, 11) is 0. The number of rotatable bonds is 4. The third-order valence-electron chi connectivity index (χ3n) is 3.06. The molecule has 7 heteroatoms. The zero-order chi connectivity index (χ0) is 15.5. The number of primary amides is 1. The number of hydrogen-bond acceptors (Lipinski definition) is 5. The van der Waals surface area contributed by atoms with Crippen molar-refractivity contribution in [1.29, 1.82) is 0 Å². The maximum absolute atomic E-state index is 11.9. The van der Waals surface area contributed by atoms with Gasteiger partial charge in [0.05, 0.1) is 6.26 Å². The molecule has 1 aromatic carbocycles. The van der Waals surface area contributed by atoms with Gasteiger partial charge in [0, 0.05) is 6.42 Å². The number of carbonyl (C=O) groups is 2. The van der Waals surface area contributed by atoms with Gasteiger partial charge in [-0.15, -0.1) is 0 Å². The van der Waals surface area contributed by atoms with Gasteiger partial charge in [0.2, 0.25) is 6.79 Å². The number of carbonyl (C=O) groups excluding carboxylic acids is 2. The summed E-state index contributed by atoms with van der Waals surface area (Å²) in [6, 6.07) is 8.22. The van der Waals surface area contributed by atoms with Crippen molar-refractivity contribution in [3.05, 3.63) is 47.9 Å². The summed E-state index contributed by atoms with van der Waals surface area (Å²) in [5, 5.41) is 0. The van der Waals surface area contributed by atoms with Crippen LogP contribution in [-0.2, 0) is 11.2 Å². The molecular weight excluding hydrogens is 288 g/mol. The molecule has 0 spiro atoms. The molecule has 2 amide bonds. The number of amides is 2. The van der Waals surface area contributed by atoms with Crippen molar-refractivity contribution in [2.45, 2.75) is 6.42 Å². The van der Waals surface area contributed by atoms with Gasteiger partial charge in [-0.05, 0) is 29.8 Å². The standard InChI is InChI=1S/C15H12N2O5/c16-14(18)10(17-15(19)12-2-1-5-20-12)6-9-3-4-11-13(7-9)22-8-21-11/h1-5,7H,6,8H2,(H2,16,18). The molecule has 0 saturated heterocycles. The minimum atomic E-state index is -0.766. The molecule has 0 aliphatic carbocycles. The van der Waals surface area contributed by atoms with E-state index in [1.54, 1.807) is 24.3 Å². The minimum Gasteiger partial charge on any atom is -0.459 e. The van der Waals surface area contributed by atoms with Crippen LogP contribution in [0.5, 0.6) is 11.5 Å². The number of furan rings is 1. The molecule has 0 atom stereocenters. The minimum absolute atomic E-state index is 0.0458. The van der Waals surface area contributed by atoms with E-state index < -0.39 is 11.8 Å². The van der Waals surface area contributed by atoms with Crippen molar-refractivity contribution in [3.63, 3.8) is 0 Å². The van der Waals surface area contributed by atoms with Gasteiger partial charge in [0.1, 0.15) is 5.71 Å². The van der Waals surface area contributed by atoms with E-state index in [1.165, 1.54) is 12.3 Å². The molecule has 2 N–H and O–H groups in total. The Morgan fingerprint density at radius 2 is 2.00 bits per heavy atom. The summed E-state index contributed by atoms with van der Waals surface area (Å²) in [5.41, 5.74) is 5.97. The van der Waals surface area contributed by atoms with E-state index in [1.807, 2.05) is 0 Å². The third kappa shape index (κ3) is 2.83. The average molecular weight is 300 g/mol. The molecule has 2 aromatic rings. The molecule has 0 fully saturated rings. The largest absolute Gasteiger partial charge is 0.459 e. The van der Waals surface area contributed by atoms with Crippen LogP contribution in [0.1, 0.15) is 16.1 Å². The first kappa shape index (κ1) is 13.9. The van der Waals surface area contributed by atoms with Gasteiger partial charge in [-0.2, -0.15) is 0 Å². The number of nitrogens with zero attached hydrogens (tertiary/aromatic N) is 1. The lowest BCUT2D eigenvalue weighted by molar-refractivity contribution is -0.112. The van der Waals surface area contributed by atoms with Crippen LogP contribution in [-0.4, -0.2) is 24.3 Å². The Morgan fingerprint density at radius 3 is 2.73 bits per heavy atom. The lowest BCUT2D eigenvalue weighted by Gasteiger charge is -2.04. The first-order valence-corrected chi connectivity index (χ1v) is 6.47. The third-order valence-corrected chi connectivity index (χ3v) is 3.06. The summed E-state index contributed by atoms with van der Waals surface area (Å²) in [4.78, 5) is 27.1. The van der Waals surface area contributed by atoms with Gasteiger partial charge in [-0.3, -0.25) is 9.59 Å². The Balaban J connectivity index is 1.83. The second-order valence-corrected chi connectivity index (χ2v) is 4.57. The molecular formula is C15H12N2O5. The van der Waals surface area contributed by atoms with Crippen LogP contribution < -0.4 is 15.2 Å². The zero-order valence-electron chi connectivity index (χ0n) is 11.4. The lowest BCUT2D eigenvalue weighted by atomic mass is 10.1. The van der Waals surface area contributed by atoms with Gasteiger partial charge < -0.3 is 19.6 Å². The summed E-state index contributed by atoms with van der Waals surface area (Å²) in [5.74, 6) is -0.159. The van der Waals surface area contributed by atoms with Gasteiger partial charge in [0.15, 0.2) is 17.3 Å². The molecule has 112 valence electrons. The maximum atomic E-state index is 11.9. The highest BCUT2D eigenvalue weighted by molar-refractivity contribution is 6.40. The van der Waals surface area contributed by atoms with Gasteiger partial charge in [-0.1, -0.05) is 6.07 Å². The molecule has 0 saturated carbocycles. The van der Waals surface area contributed by atoms with Crippen LogP contribution in [0.25, 0.3) is 0 Å². The monoisotopic (exact) mass is 300 g/mol. The smallest absolute Gasteiger partial charge is 0.313 e. The first-order valence-electron chi connectivity index (χ1n) is 6.47. The second-order valence-electron chi connectivity index (χ2n) is 4.57. The summed E-state index contributed by atoms with van der Waals surface area (Å²) in [6.07, 6.45) is 1.46. The molecule has 0 bridgehead atoms. The van der Waals surface area contributed by atoms with Crippen LogP contribution in [0.15, 0.2) is 46.0 Å². The van der Waals surface area contributed by atoms with E-state index in [0.717, 1.165) is 5.56 Å². The van der Waals surface area contributed by atoms with Crippen LogP contribution in [0.2, 0.25) is 0 Å². The highest BCUT2D eigenvalue weighted by atomic mass is 16.7. The molecule has 1 aromatic heterocycles. The van der Waals surface area contributed by atoms with Gasteiger partial charge >= 0.3 is 5.91 Å². The average Bonchev–Trinajstić information content (AvgIpc) is 3.17. The van der Waals surface area contributed by atoms with Crippen molar-refractivity contribution in [3.8, 4) is 11.5 Å². The van der Waals surface area contributed by atoms with Crippen molar-refractivity contribution >= 4 is 17.5 Å². The van der Waals surface area contributed by atoms with Gasteiger partial charge in [0.25, 0.3) is 5.91 Å². The van der Waals surface area contributed by atoms with E-state index in [2.05, 4.69) is 4.99 Å². The first-order chi connectivity index (χ1) is 10.6. The van der Waals surface area contributed by atoms with Crippen molar-refractivity contribution in [2.75, 3.05) is 6.79 Å². The number of nitrogens with two attached hydrogens (primary N) is 1. The molecule has 2 heterocycles. The number of aliphatic imine (C=N–C) groups is 1. The second kappa shape index (κ2) is 5.72. The molecule has 7 nitrogen and oxygen atoms in total. The van der Waals surface area contributed by atoms with E-state index in [-0.39, 0.29) is 24.7 Å². The fourth-order valence-electron chi connectivity index (χ4n) is 2.00. The maximum Gasteiger partial charge on any atom is 0.313 e. The topological polar surface area (TPSA) is 104 Å².